The number of nitrogens with zero attached hydrogens (tertiary/aromatic N) is 1. The van der Waals surface area contributed by atoms with Gasteiger partial charge in [-0.2, -0.15) is 0 Å². The molecule has 3 N–H and O–H groups in total. The van der Waals surface area contributed by atoms with E-state index in [9.17, 15) is 9.59 Å². The minimum absolute atomic E-state index is 0.204. The first-order chi connectivity index (χ1) is 14.1. The van der Waals surface area contributed by atoms with Crippen LogP contribution in [-0.4, -0.2) is 34.9 Å². The lowest BCUT2D eigenvalue weighted by Gasteiger charge is -2.43. The molecule has 1 spiro atoms. The van der Waals surface area contributed by atoms with Crippen molar-refractivity contribution < 1.29 is 9.59 Å². The van der Waals surface area contributed by atoms with Crippen LogP contribution in [-0.2, 0) is 16.8 Å². The van der Waals surface area contributed by atoms with Gasteiger partial charge in [-0.15, -0.1) is 0 Å². The fourth-order valence-corrected chi connectivity index (χ4v) is 5.01. The van der Waals surface area contributed by atoms with Crippen LogP contribution < -0.4 is 10.6 Å². The molecule has 5 rings (SSSR count). The quantitative estimate of drug-likeness (QED) is 0.547. The van der Waals surface area contributed by atoms with E-state index in [0.29, 0.717) is 19.5 Å². The number of fused-ring (bicyclic) bond motifs is 6. The summed E-state index contributed by atoms with van der Waals surface area (Å²) >= 11 is 3.54. The summed E-state index contributed by atoms with van der Waals surface area (Å²) in [5, 5.41) is 7.08. The number of urea groups is 1. The monoisotopic (exact) mass is 452 g/mol. The first kappa shape index (κ1) is 18.2. The summed E-state index contributed by atoms with van der Waals surface area (Å²) in [5.74, 6) is -0.204. The maximum absolute atomic E-state index is 13.6. The molecular formula is C22H21BrN4O2. The Bertz CT molecular complexity index is 1150. The minimum Gasteiger partial charge on any atom is -0.355 e. The Labute approximate surface area is 176 Å². The highest BCUT2D eigenvalue weighted by Gasteiger charge is 2.58. The van der Waals surface area contributed by atoms with Crippen LogP contribution in [0.25, 0.3) is 10.9 Å². The summed E-state index contributed by atoms with van der Waals surface area (Å²) in [6.45, 7) is 3.04. The molecule has 0 radical (unpaired) electrons. The Morgan fingerprint density at radius 2 is 2.10 bits per heavy atom. The van der Waals surface area contributed by atoms with Gasteiger partial charge in [0.25, 0.3) is 5.91 Å². The van der Waals surface area contributed by atoms with Crippen LogP contribution in [0.1, 0.15) is 30.2 Å². The first-order valence-electron chi connectivity index (χ1n) is 9.84. The molecular weight excluding hydrogens is 432 g/mol. The van der Waals surface area contributed by atoms with Crippen LogP contribution in [0.4, 0.5) is 10.5 Å². The van der Waals surface area contributed by atoms with Gasteiger partial charge in [0.05, 0.1) is 5.69 Å². The number of aromatic amines is 1. The largest absolute Gasteiger partial charge is 0.355 e. The third-order valence-corrected chi connectivity index (χ3v) is 6.38. The molecule has 148 valence electrons. The molecule has 2 aliphatic rings. The molecule has 1 atom stereocenters. The third-order valence-electron chi connectivity index (χ3n) is 5.89. The van der Waals surface area contributed by atoms with Gasteiger partial charge < -0.3 is 20.5 Å². The number of benzene rings is 2. The van der Waals surface area contributed by atoms with Gasteiger partial charge in [-0.25, -0.2) is 4.79 Å². The van der Waals surface area contributed by atoms with E-state index in [4.69, 9.17) is 0 Å². The zero-order valence-electron chi connectivity index (χ0n) is 16.0. The molecule has 3 aromatic rings. The highest BCUT2D eigenvalue weighted by atomic mass is 79.9. The number of para-hydroxylation sites is 1. The van der Waals surface area contributed by atoms with Crippen molar-refractivity contribution in [3.05, 3.63) is 63.8 Å². The van der Waals surface area contributed by atoms with Crippen LogP contribution in [0.3, 0.4) is 0 Å². The van der Waals surface area contributed by atoms with E-state index in [2.05, 4.69) is 37.6 Å². The second-order valence-corrected chi connectivity index (χ2v) is 8.43. The van der Waals surface area contributed by atoms with Crippen molar-refractivity contribution in [3.63, 3.8) is 0 Å². The molecule has 0 aliphatic carbocycles. The maximum Gasteiger partial charge on any atom is 0.318 e. The average molecular weight is 453 g/mol. The van der Waals surface area contributed by atoms with Gasteiger partial charge in [-0.05, 0) is 42.7 Å². The van der Waals surface area contributed by atoms with E-state index < -0.39 is 5.54 Å². The summed E-state index contributed by atoms with van der Waals surface area (Å²) in [6, 6.07) is 13.6. The second-order valence-electron chi connectivity index (χ2n) is 7.51. The number of carbonyl (C=O) groups excluding carboxylic acids is 2. The minimum atomic E-state index is -1.22. The van der Waals surface area contributed by atoms with Gasteiger partial charge in [0, 0.05) is 39.7 Å². The average Bonchev–Trinajstić information content (AvgIpc) is 3.23. The van der Waals surface area contributed by atoms with Crippen molar-refractivity contribution in [1.82, 2.24) is 15.2 Å². The standard InChI is InChI=1S/C22H21BrN4O2/c1-2-10-24-21(29)27-11-9-15-14-5-3-4-6-17(14)25-19(15)22(27)16-12-13(23)7-8-18(16)26-20(22)28/h3-8,12,25H,2,9-11H2,1H3,(H,24,29)(H,26,28). The molecule has 0 bridgehead atoms. The number of H-pyrrole nitrogens is 1. The van der Waals surface area contributed by atoms with Gasteiger partial charge in [-0.3, -0.25) is 4.79 Å². The number of hydrogen-bond donors (Lipinski definition) is 3. The van der Waals surface area contributed by atoms with Crippen molar-refractivity contribution in [3.8, 4) is 0 Å². The SMILES string of the molecule is CCCNC(=O)N1CCc2c([nH]c3ccccc23)C12C(=O)Nc1ccc(Br)cc12. The predicted octanol–water partition coefficient (Wildman–Crippen LogP) is 4.10. The molecule has 3 amide bonds. The lowest BCUT2D eigenvalue weighted by molar-refractivity contribution is -0.124. The number of hydrogen-bond acceptors (Lipinski definition) is 2. The number of anilines is 1. The molecule has 1 unspecified atom stereocenters. The van der Waals surface area contributed by atoms with Gasteiger partial charge in [0.15, 0.2) is 5.54 Å². The summed E-state index contributed by atoms with van der Waals surface area (Å²) in [6.07, 6.45) is 1.52. The third kappa shape index (κ3) is 2.46. The summed E-state index contributed by atoms with van der Waals surface area (Å²) in [4.78, 5) is 31.9. The zero-order valence-corrected chi connectivity index (χ0v) is 17.6. The summed E-state index contributed by atoms with van der Waals surface area (Å²) in [7, 11) is 0. The van der Waals surface area contributed by atoms with Gasteiger partial charge in [-0.1, -0.05) is 41.1 Å². The molecule has 0 fully saturated rings. The topological polar surface area (TPSA) is 77.2 Å². The Morgan fingerprint density at radius 3 is 2.93 bits per heavy atom. The molecule has 3 heterocycles. The van der Waals surface area contributed by atoms with E-state index >= 15 is 0 Å². The summed E-state index contributed by atoms with van der Waals surface area (Å²) in [5.41, 5.74) is 3.16. The number of halogens is 1. The molecule has 1 aromatic heterocycles. The molecule has 6 nitrogen and oxygen atoms in total. The number of rotatable bonds is 2. The van der Waals surface area contributed by atoms with Crippen LogP contribution in [0.15, 0.2) is 46.9 Å². The van der Waals surface area contributed by atoms with E-state index in [1.807, 2.05) is 43.3 Å². The fraction of sp³-hybridized carbons (Fsp3) is 0.273. The Morgan fingerprint density at radius 1 is 1.28 bits per heavy atom. The van der Waals surface area contributed by atoms with Crippen molar-refractivity contribution in [2.24, 2.45) is 0 Å². The Kier molecular flexibility index (Phi) is 4.17. The smallest absolute Gasteiger partial charge is 0.318 e. The van der Waals surface area contributed by atoms with Gasteiger partial charge in [0.2, 0.25) is 0 Å². The second kappa shape index (κ2) is 6.62. The molecule has 0 saturated heterocycles. The van der Waals surface area contributed by atoms with Crippen LogP contribution >= 0.6 is 15.9 Å². The first-order valence-corrected chi connectivity index (χ1v) is 10.6. The van der Waals surface area contributed by atoms with E-state index in [1.54, 1.807) is 4.90 Å². The highest BCUT2D eigenvalue weighted by Crippen LogP contribution is 2.50. The van der Waals surface area contributed by atoms with Crippen molar-refractivity contribution >= 4 is 44.5 Å². The van der Waals surface area contributed by atoms with E-state index in [1.165, 1.54) is 0 Å². The lowest BCUT2D eigenvalue weighted by atomic mass is 9.80. The Hall–Kier alpha value is -2.80. The highest BCUT2D eigenvalue weighted by molar-refractivity contribution is 9.10. The predicted molar refractivity (Wildman–Crippen MR) is 116 cm³/mol. The summed E-state index contributed by atoms with van der Waals surface area (Å²) < 4.78 is 0.865. The molecule has 7 heteroatoms. The van der Waals surface area contributed by atoms with Crippen molar-refractivity contribution in [1.29, 1.82) is 0 Å². The van der Waals surface area contributed by atoms with Crippen LogP contribution in [0.5, 0.6) is 0 Å². The van der Waals surface area contributed by atoms with Crippen molar-refractivity contribution in [2.75, 3.05) is 18.4 Å². The molecule has 2 aliphatic heterocycles. The van der Waals surface area contributed by atoms with Gasteiger partial charge >= 0.3 is 6.03 Å². The molecule has 0 saturated carbocycles. The number of nitrogens with one attached hydrogen (secondary N) is 3. The van der Waals surface area contributed by atoms with E-state index in [0.717, 1.165) is 44.3 Å². The van der Waals surface area contributed by atoms with Crippen molar-refractivity contribution in [2.45, 2.75) is 25.3 Å². The number of aromatic nitrogens is 1. The zero-order chi connectivity index (χ0) is 20.2. The van der Waals surface area contributed by atoms with Crippen LogP contribution in [0.2, 0.25) is 0 Å². The number of amides is 3. The molecule has 29 heavy (non-hydrogen) atoms. The van der Waals surface area contributed by atoms with Crippen LogP contribution in [0, 0.1) is 0 Å². The lowest BCUT2D eigenvalue weighted by Crippen LogP contribution is -2.60. The van der Waals surface area contributed by atoms with Gasteiger partial charge in [0.1, 0.15) is 0 Å². The normalized spacial score (nSPS) is 19.9. The fourth-order valence-electron chi connectivity index (χ4n) is 4.65. The maximum atomic E-state index is 13.6. The number of carbonyl (C=O) groups is 2. The van der Waals surface area contributed by atoms with E-state index in [-0.39, 0.29) is 11.9 Å². The Balaban J connectivity index is 1.80. The molecule has 2 aromatic carbocycles.